The number of nitrogens with one attached hydrogen (secondary N) is 2. The monoisotopic (exact) mass is 541 g/mol. The van der Waals surface area contributed by atoms with Crippen molar-refractivity contribution in [1.29, 1.82) is 0 Å². The zero-order valence-electron chi connectivity index (χ0n) is 22.6. The van der Waals surface area contributed by atoms with E-state index in [1.807, 2.05) is 48.5 Å². The smallest absolute Gasteiger partial charge is 0.227 e. The highest BCUT2D eigenvalue weighted by atomic mass is 16.5. The maximum absolute atomic E-state index is 13.5. The van der Waals surface area contributed by atoms with Crippen LogP contribution in [0.5, 0.6) is 0 Å². The van der Waals surface area contributed by atoms with E-state index in [0.717, 1.165) is 93.7 Å². The second kappa shape index (κ2) is 12.6. The highest BCUT2D eigenvalue weighted by Gasteiger charge is 2.24. The van der Waals surface area contributed by atoms with Gasteiger partial charge in [-0.2, -0.15) is 0 Å². The topological polar surface area (TPSA) is 108 Å². The molecule has 2 aliphatic heterocycles. The van der Waals surface area contributed by atoms with Gasteiger partial charge in [-0.3, -0.25) is 19.6 Å². The van der Waals surface area contributed by atoms with Crippen molar-refractivity contribution in [3.63, 3.8) is 0 Å². The first kappa shape index (κ1) is 26.5. The van der Waals surface area contributed by atoms with Gasteiger partial charge in [0, 0.05) is 74.7 Å². The lowest BCUT2D eigenvalue weighted by atomic mass is 9.98. The number of ether oxygens (including phenoxy) is 2. The number of anilines is 2. The van der Waals surface area contributed by atoms with Crippen LogP contribution in [0.25, 0.3) is 22.3 Å². The Labute approximate surface area is 233 Å². The Bertz CT molecular complexity index is 1400. The van der Waals surface area contributed by atoms with E-state index in [9.17, 15) is 4.79 Å². The molecule has 0 bridgehead atoms. The summed E-state index contributed by atoms with van der Waals surface area (Å²) in [5.41, 5.74) is 3.96. The lowest BCUT2D eigenvalue weighted by Crippen LogP contribution is -2.45. The molecular weight excluding hydrogens is 506 g/mol. The molecule has 0 unspecified atom stereocenters. The zero-order chi connectivity index (χ0) is 27.1. The molecule has 10 heteroatoms. The maximum atomic E-state index is 13.5. The molecular formula is C30H35N7O3. The Kier molecular flexibility index (Phi) is 8.39. The number of rotatable bonds is 10. The lowest BCUT2D eigenvalue weighted by Gasteiger charge is -2.34. The van der Waals surface area contributed by atoms with Crippen LogP contribution in [0.2, 0.25) is 0 Å². The third-order valence-electron chi connectivity index (χ3n) is 7.47. The van der Waals surface area contributed by atoms with Crippen LogP contribution >= 0.6 is 0 Å². The quantitative estimate of drug-likeness (QED) is 0.291. The molecule has 0 atom stereocenters. The molecule has 2 N–H and O–H groups in total. The van der Waals surface area contributed by atoms with E-state index < -0.39 is 0 Å². The Balaban J connectivity index is 1.14. The van der Waals surface area contributed by atoms with Crippen molar-refractivity contribution in [3.8, 4) is 11.4 Å². The fourth-order valence-corrected chi connectivity index (χ4v) is 5.42. The highest BCUT2D eigenvalue weighted by Crippen LogP contribution is 2.24. The van der Waals surface area contributed by atoms with Crippen LogP contribution < -0.4 is 5.32 Å². The molecule has 0 amide bonds. The van der Waals surface area contributed by atoms with Crippen molar-refractivity contribution in [2.24, 2.45) is 5.92 Å². The molecule has 0 aliphatic carbocycles. The van der Waals surface area contributed by atoms with Gasteiger partial charge in [-0.1, -0.05) is 6.07 Å². The second-order valence-corrected chi connectivity index (χ2v) is 10.4. The van der Waals surface area contributed by atoms with Gasteiger partial charge in [0.25, 0.3) is 0 Å². The number of pyridine rings is 1. The minimum absolute atomic E-state index is 0.142. The zero-order valence-corrected chi connectivity index (χ0v) is 22.6. The number of Topliss-reactive ketones (excluding diaryl/α,β-unsaturated/α-hetero) is 1. The first-order valence-electron chi connectivity index (χ1n) is 14.0. The van der Waals surface area contributed by atoms with E-state index >= 15 is 0 Å². The van der Waals surface area contributed by atoms with Crippen LogP contribution in [0.3, 0.4) is 0 Å². The molecule has 10 nitrogen and oxygen atoms in total. The number of H-pyrrole nitrogens is 1. The minimum Gasteiger partial charge on any atom is -0.379 e. The number of nitrogens with zero attached hydrogens (tertiary/aromatic N) is 5. The number of hydrogen-bond acceptors (Lipinski definition) is 9. The Morgan fingerprint density at radius 3 is 2.33 bits per heavy atom. The standard InChI is InChI=1S/C30H35N7O3/c38-29(17-22(20-36-9-13-39-14-10-36)21-37-11-15-40-16-12-37)28-19-23-18-24(4-5-25(23)34-28)33-30-32-8-6-27(35-30)26-3-1-2-7-31-26/h1-8,18-19,22,34H,9-17,20-21H2,(H,32,33,35). The van der Waals surface area contributed by atoms with Gasteiger partial charge >= 0.3 is 0 Å². The molecule has 0 saturated carbocycles. The number of aromatic nitrogens is 4. The Hall–Kier alpha value is -3.70. The van der Waals surface area contributed by atoms with Crippen molar-refractivity contribution >= 4 is 28.3 Å². The van der Waals surface area contributed by atoms with E-state index in [1.54, 1.807) is 12.4 Å². The average Bonchev–Trinajstić information content (AvgIpc) is 3.43. The third-order valence-corrected chi connectivity index (χ3v) is 7.47. The van der Waals surface area contributed by atoms with E-state index in [-0.39, 0.29) is 11.7 Å². The van der Waals surface area contributed by atoms with Crippen LogP contribution in [0.4, 0.5) is 11.6 Å². The molecule has 40 heavy (non-hydrogen) atoms. The first-order chi connectivity index (χ1) is 19.7. The van der Waals surface area contributed by atoms with Crippen molar-refractivity contribution in [2.45, 2.75) is 6.42 Å². The molecule has 6 rings (SSSR count). The molecule has 3 aromatic heterocycles. The predicted octanol–water partition coefficient (Wildman–Crippen LogP) is 3.62. The fraction of sp³-hybridized carbons (Fsp3) is 0.400. The van der Waals surface area contributed by atoms with Crippen LogP contribution in [0, 0.1) is 5.92 Å². The van der Waals surface area contributed by atoms with Crippen molar-refractivity contribution in [3.05, 3.63) is 66.6 Å². The van der Waals surface area contributed by atoms with Gasteiger partial charge in [0.2, 0.25) is 5.95 Å². The first-order valence-corrected chi connectivity index (χ1v) is 14.0. The minimum atomic E-state index is 0.142. The average molecular weight is 542 g/mol. The van der Waals surface area contributed by atoms with E-state index in [0.29, 0.717) is 18.1 Å². The number of ketones is 1. The molecule has 0 radical (unpaired) electrons. The molecule has 2 aliphatic rings. The second-order valence-electron chi connectivity index (χ2n) is 10.4. The van der Waals surface area contributed by atoms with E-state index in [2.05, 4.69) is 35.1 Å². The Morgan fingerprint density at radius 2 is 1.62 bits per heavy atom. The van der Waals surface area contributed by atoms with Gasteiger partial charge in [0.15, 0.2) is 5.78 Å². The SMILES string of the molecule is O=C(CC(CN1CCOCC1)CN1CCOCC1)c1cc2cc(Nc3nccc(-c4ccccn4)n3)ccc2[nH]1. The van der Waals surface area contributed by atoms with Crippen molar-refractivity contribution < 1.29 is 14.3 Å². The summed E-state index contributed by atoms with van der Waals surface area (Å²) >= 11 is 0. The summed E-state index contributed by atoms with van der Waals surface area (Å²) in [5, 5.41) is 4.25. The summed E-state index contributed by atoms with van der Waals surface area (Å²) < 4.78 is 11.1. The molecule has 5 heterocycles. The predicted molar refractivity (Wildman–Crippen MR) is 154 cm³/mol. The van der Waals surface area contributed by atoms with Crippen LogP contribution in [-0.2, 0) is 9.47 Å². The fourth-order valence-electron chi connectivity index (χ4n) is 5.42. The van der Waals surface area contributed by atoms with Crippen LogP contribution in [0.1, 0.15) is 16.9 Å². The van der Waals surface area contributed by atoms with Gasteiger partial charge in [-0.05, 0) is 48.4 Å². The van der Waals surface area contributed by atoms with Gasteiger partial charge in [0.1, 0.15) is 0 Å². The van der Waals surface area contributed by atoms with Crippen LogP contribution in [-0.4, -0.2) is 101 Å². The summed E-state index contributed by atoms with van der Waals surface area (Å²) in [5.74, 6) is 0.878. The molecule has 1 aromatic carbocycles. The summed E-state index contributed by atoms with van der Waals surface area (Å²) in [6.07, 6.45) is 3.96. The van der Waals surface area contributed by atoms with Crippen LogP contribution in [0.15, 0.2) is 60.9 Å². The number of benzene rings is 1. The molecule has 0 spiro atoms. The van der Waals surface area contributed by atoms with Gasteiger partial charge in [-0.25, -0.2) is 9.97 Å². The number of aromatic amines is 1. The molecule has 208 valence electrons. The number of morpholine rings is 2. The summed E-state index contributed by atoms with van der Waals surface area (Å²) in [7, 11) is 0. The van der Waals surface area contributed by atoms with Gasteiger partial charge < -0.3 is 19.8 Å². The summed E-state index contributed by atoms with van der Waals surface area (Å²) in [6.45, 7) is 8.52. The molecule has 2 fully saturated rings. The largest absolute Gasteiger partial charge is 0.379 e. The lowest BCUT2D eigenvalue weighted by molar-refractivity contribution is 0.0116. The van der Waals surface area contributed by atoms with Crippen molar-refractivity contribution in [2.75, 3.05) is 71.0 Å². The Morgan fingerprint density at radius 1 is 0.875 bits per heavy atom. The molecule has 2 saturated heterocycles. The summed E-state index contributed by atoms with van der Waals surface area (Å²) in [4.78, 5) is 35.0. The third kappa shape index (κ3) is 6.71. The normalized spacial score (nSPS) is 16.9. The van der Waals surface area contributed by atoms with Gasteiger partial charge in [-0.15, -0.1) is 0 Å². The summed E-state index contributed by atoms with van der Waals surface area (Å²) in [6, 6.07) is 15.5. The number of carbonyl (C=O) groups is 1. The van der Waals surface area contributed by atoms with E-state index in [1.165, 1.54) is 0 Å². The van der Waals surface area contributed by atoms with E-state index in [4.69, 9.17) is 9.47 Å². The number of hydrogen-bond donors (Lipinski definition) is 2. The molecule has 4 aromatic rings. The van der Waals surface area contributed by atoms with Crippen molar-refractivity contribution in [1.82, 2.24) is 29.7 Å². The van der Waals surface area contributed by atoms with Gasteiger partial charge in [0.05, 0.1) is 43.5 Å². The highest BCUT2D eigenvalue weighted by molar-refractivity contribution is 6.00. The maximum Gasteiger partial charge on any atom is 0.227 e. The number of fused-ring (bicyclic) bond motifs is 1. The number of carbonyl (C=O) groups excluding carboxylic acids is 1.